The number of aliphatic hydroxyl groups excluding tert-OH is 1. The van der Waals surface area contributed by atoms with Crippen molar-refractivity contribution in [3.8, 4) is 0 Å². The minimum atomic E-state index is -0.591. The number of hydrogen-bond acceptors (Lipinski definition) is 5. The van der Waals surface area contributed by atoms with Gasteiger partial charge in [-0.3, -0.25) is 4.99 Å². The van der Waals surface area contributed by atoms with E-state index in [0.717, 1.165) is 21.4 Å². The topological polar surface area (TPSA) is 87.4 Å². The Bertz CT molecular complexity index is 1090. The van der Waals surface area contributed by atoms with Crippen molar-refractivity contribution in [2.24, 2.45) is 4.99 Å². The van der Waals surface area contributed by atoms with E-state index in [2.05, 4.69) is 56.0 Å². The molecule has 0 radical (unpaired) electrons. The van der Waals surface area contributed by atoms with Gasteiger partial charge in [0.1, 0.15) is 18.8 Å². The van der Waals surface area contributed by atoms with Gasteiger partial charge in [0.2, 0.25) is 0 Å². The lowest BCUT2D eigenvalue weighted by Gasteiger charge is -2.15. The molecule has 1 unspecified atom stereocenters. The molecule has 0 aliphatic heterocycles. The third-order valence-electron chi connectivity index (χ3n) is 4.72. The summed E-state index contributed by atoms with van der Waals surface area (Å²) in [4.78, 5) is 9.18. The average molecular weight is 548 g/mol. The van der Waals surface area contributed by atoms with Crippen LogP contribution in [-0.2, 0) is 13.1 Å². The molecule has 2 heterocycles. The predicted octanol–water partition coefficient (Wildman–Crippen LogP) is 3.56. The Hall–Kier alpha value is -2.50. The van der Waals surface area contributed by atoms with Crippen LogP contribution in [-0.4, -0.2) is 39.4 Å². The van der Waals surface area contributed by atoms with Crippen molar-refractivity contribution < 1.29 is 5.11 Å². The summed E-state index contributed by atoms with van der Waals surface area (Å²) in [6, 6.07) is 18.5. The monoisotopic (exact) mass is 548 g/mol. The Morgan fingerprint density at radius 2 is 1.97 bits per heavy atom. The number of guanidine groups is 1. The van der Waals surface area contributed by atoms with Crippen molar-refractivity contribution in [2.75, 3.05) is 13.6 Å². The van der Waals surface area contributed by atoms with E-state index >= 15 is 0 Å². The molecule has 0 spiro atoms. The fourth-order valence-corrected chi connectivity index (χ4v) is 4.26. The summed E-state index contributed by atoms with van der Waals surface area (Å²) >= 11 is 1.62. The van der Waals surface area contributed by atoms with Crippen molar-refractivity contribution in [2.45, 2.75) is 19.2 Å². The maximum atomic E-state index is 10.6. The van der Waals surface area contributed by atoms with E-state index in [0.29, 0.717) is 25.6 Å². The number of aliphatic imine (C=N–C) groups is 1. The predicted molar refractivity (Wildman–Crippen MR) is 136 cm³/mol. The van der Waals surface area contributed by atoms with Gasteiger partial charge in [-0.1, -0.05) is 42.5 Å². The van der Waals surface area contributed by atoms with Crippen molar-refractivity contribution >= 4 is 51.4 Å². The number of nitrogens with zero attached hydrogens (tertiary/aromatic N) is 4. The molecule has 4 rings (SSSR count). The van der Waals surface area contributed by atoms with Crippen molar-refractivity contribution in [3.63, 3.8) is 0 Å². The van der Waals surface area contributed by atoms with Gasteiger partial charge in [-0.05, 0) is 28.6 Å². The molecule has 0 bridgehead atoms. The first-order valence-corrected chi connectivity index (χ1v) is 10.5. The van der Waals surface area contributed by atoms with Crippen molar-refractivity contribution in [3.05, 3.63) is 83.3 Å². The molecule has 0 fully saturated rings. The molecule has 0 saturated carbocycles. The lowest BCUT2D eigenvalue weighted by molar-refractivity contribution is 0.184. The van der Waals surface area contributed by atoms with E-state index in [4.69, 9.17) is 0 Å². The Morgan fingerprint density at radius 1 is 1.13 bits per heavy atom. The summed E-state index contributed by atoms with van der Waals surface area (Å²) in [5.74, 6) is 0.650. The summed E-state index contributed by atoms with van der Waals surface area (Å²) in [5.41, 5.74) is 2.29. The van der Waals surface area contributed by atoms with E-state index in [-0.39, 0.29) is 24.0 Å². The van der Waals surface area contributed by atoms with Crippen molar-refractivity contribution in [1.29, 1.82) is 0 Å². The molecule has 31 heavy (non-hydrogen) atoms. The maximum absolute atomic E-state index is 10.6. The number of aliphatic hydroxyl groups is 1. The van der Waals surface area contributed by atoms with E-state index in [1.165, 1.54) is 11.0 Å². The number of benzene rings is 2. The highest BCUT2D eigenvalue weighted by Crippen LogP contribution is 2.29. The van der Waals surface area contributed by atoms with Gasteiger partial charge in [-0.2, -0.15) is 5.10 Å². The molecule has 4 aromatic rings. The quantitative estimate of drug-likeness (QED) is 0.187. The van der Waals surface area contributed by atoms with Crippen LogP contribution in [0.15, 0.2) is 72.2 Å². The van der Waals surface area contributed by atoms with Gasteiger partial charge in [0.25, 0.3) is 0 Å². The van der Waals surface area contributed by atoms with Gasteiger partial charge in [0.15, 0.2) is 5.96 Å². The van der Waals surface area contributed by atoms with E-state index in [9.17, 15) is 5.11 Å². The van der Waals surface area contributed by atoms with Crippen LogP contribution >= 0.6 is 35.3 Å². The number of fused-ring (bicyclic) bond motifs is 1. The SMILES string of the molecule is CN=C(NCc1cccc(Cn2cncn2)c1)NCC(O)c1cc2ccccc2s1.I. The van der Waals surface area contributed by atoms with Gasteiger partial charge < -0.3 is 15.7 Å². The zero-order chi connectivity index (χ0) is 20.8. The summed E-state index contributed by atoms with van der Waals surface area (Å²) in [5, 5.41) is 22.4. The lowest BCUT2D eigenvalue weighted by atomic mass is 10.1. The van der Waals surface area contributed by atoms with Crippen LogP contribution in [0.5, 0.6) is 0 Å². The molecule has 3 N–H and O–H groups in total. The Morgan fingerprint density at radius 3 is 2.74 bits per heavy atom. The first-order chi connectivity index (χ1) is 14.7. The highest BCUT2D eigenvalue weighted by Gasteiger charge is 2.12. The molecule has 1 atom stereocenters. The average Bonchev–Trinajstić information content (AvgIpc) is 3.43. The second-order valence-electron chi connectivity index (χ2n) is 6.92. The van der Waals surface area contributed by atoms with Gasteiger partial charge in [-0.15, -0.1) is 35.3 Å². The molecule has 2 aromatic heterocycles. The van der Waals surface area contributed by atoms with E-state index in [1.807, 2.05) is 24.3 Å². The van der Waals surface area contributed by atoms with E-state index < -0.39 is 6.10 Å². The fraction of sp³-hybridized carbons (Fsp3) is 0.227. The van der Waals surface area contributed by atoms with Gasteiger partial charge in [0.05, 0.1) is 6.54 Å². The molecule has 0 aliphatic rings. The molecule has 2 aromatic carbocycles. The summed E-state index contributed by atoms with van der Waals surface area (Å²) in [7, 11) is 1.72. The number of halogens is 1. The molecule has 0 amide bonds. The minimum absolute atomic E-state index is 0. The summed E-state index contributed by atoms with van der Waals surface area (Å²) in [6.07, 6.45) is 2.65. The third-order valence-corrected chi connectivity index (χ3v) is 5.94. The molecule has 162 valence electrons. The van der Waals surface area contributed by atoms with Crippen LogP contribution in [0.1, 0.15) is 22.1 Å². The first-order valence-electron chi connectivity index (χ1n) is 9.72. The Labute approximate surface area is 202 Å². The highest BCUT2D eigenvalue weighted by molar-refractivity contribution is 14.0. The van der Waals surface area contributed by atoms with E-state index in [1.54, 1.807) is 29.4 Å². The first kappa shape index (κ1) is 23.2. The van der Waals surface area contributed by atoms with Crippen LogP contribution in [0.25, 0.3) is 10.1 Å². The molecule has 7 nitrogen and oxygen atoms in total. The maximum Gasteiger partial charge on any atom is 0.191 e. The normalized spacial score (nSPS) is 12.4. The molecule has 0 saturated heterocycles. The Balaban J connectivity index is 0.00000272. The third kappa shape index (κ3) is 6.25. The number of aromatic nitrogens is 3. The standard InChI is InChI=1S/C22H24N6OS.HI/c1-23-22(26-12-19(29)21-10-18-7-2-3-8-20(18)30-21)25-11-16-5-4-6-17(9-16)13-28-15-24-14-27-28;/h2-10,14-15,19,29H,11-13H2,1H3,(H2,23,25,26);1H. The number of hydrogen-bond donors (Lipinski definition) is 3. The van der Waals surface area contributed by atoms with Crippen LogP contribution in [0.4, 0.5) is 0 Å². The van der Waals surface area contributed by atoms with Crippen LogP contribution in [0.3, 0.4) is 0 Å². The molecule has 9 heteroatoms. The smallest absolute Gasteiger partial charge is 0.191 e. The highest BCUT2D eigenvalue weighted by atomic mass is 127. The van der Waals surface area contributed by atoms with Crippen LogP contribution in [0, 0.1) is 0 Å². The summed E-state index contributed by atoms with van der Waals surface area (Å²) < 4.78 is 2.97. The number of rotatable bonds is 7. The molecule has 0 aliphatic carbocycles. The van der Waals surface area contributed by atoms with Gasteiger partial charge in [-0.25, -0.2) is 9.67 Å². The van der Waals surface area contributed by atoms with Gasteiger partial charge >= 0.3 is 0 Å². The van der Waals surface area contributed by atoms with Gasteiger partial charge in [0, 0.05) is 29.7 Å². The van der Waals surface area contributed by atoms with Crippen molar-refractivity contribution in [1.82, 2.24) is 25.4 Å². The van der Waals surface area contributed by atoms with Crippen LogP contribution < -0.4 is 10.6 Å². The number of nitrogens with one attached hydrogen (secondary N) is 2. The summed E-state index contributed by atoms with van der Waals surface area (Å²) in [6.45, 7) is 1.70. The second-order valence-corrected chi connectivity index (χ2v) is 8.04. The second kappa shape index (κ2) is 11.2. The molecular formula is C22H25IN6OS. The number of thiophene rings is 1. The largest absolute Gasteiger partial charge is 0.386 e. The zero-order valence-corrected chi connectivity index (χ0v) is 20.2. The van der Waals surface area contributed by atoms with Crippen LogP contribution in [0.2, 0.25) is 0 Å². The zero-order valence-electron chi connectivity index (χ0n) is 17.1. The lowest BCUT2D eigenvalue weighted by Crippen LogP contribution is -2.38. The minimum Gasteiger partial charge on any atom is -0.386 e. The fourth-order valence-electron chi connectivity index (χ4n) is 3.21. The molecular weight excluding hydrogens is 523 g/mol. The Kier molecular flexibility index (Phi) is 8.38.